The Labute approximate surface area is 118 Å². The predicted molar refractivity (Wildman–Crippen MR) is 72.2 cm³/mol. The summed E-state index contributed by atoms with van der Waals surface area (Å²) in [6.45, 7) is 7.91. The van der Waals surface area contributed by atoms with E-state index in [1.165, 1.54) is 0 Å². The molecule has 1 aliphatic heterocycles. The fourth-order valence-corrected chi connectivity index (χ4v) is 2.87. The molecular formula is C14H24F4N2. The highest BCUT2D eigenvalue weighted by atomic mass is 19.3. The first-order valence-corrected chi connectivity index (χ1v) is 6.93. The molecule has 0 aromatic rings. The first-order valence-electron chi connectivity index (χ1n) is 6.93. The third-order valence-corrected chi connectivity index (χ3v) is 4.02. The van der Waals surface area contributed by atoms with Crippen molar-refractivity contribution in [1.29, 1.82) is 0 Å². The van der Waals surface area contributed by atoms with E-state index in [1.807, 2.05) is 6.92 Å². The molecule has 0 atom stereocenters. The summed E-state index contributed by atoms with van der Waals surface area (Å²) in [6.07, 6.45) is 0.275. The Hall–Kier alpha value is -0.780. The summed E-state index contributed by atoms with van der Waals surface area (Å²) in [5.41, 5.74) is -1.03. The average molecular weight is 296 g/mol. The monoisotopic (exact) mass is 296 g/mol. The SMILES string of the molecule is C=C(NCC)C1(C(C)(F)F)CCN(CC(C)(F)F)CC1. The molecule has 1 heterocycles. The number of nitrogens with zero attached hydrogens (tertiary/aromatic N) is 1. The van der Waals surface area contributed by atoms with Crippen molar-refractivity contribution in [3.8, 4) is 0 Å². The molecule has 20 heavy (non-hydrogen) atoms. The van der Waals surface area contributed by atoms with Gasteiger partial charge in [-0.25, -0.2) is 17.6 Å². The molecule has 0 aromatic heterocycles. The highest BCUT2D eigenvalue weighted by Crippen LogP contribution is 2.49. The maximum Gasteiger partial charge on any atom is 0.257 e. The van der Waals surface area contributed by atoms with E-state index in [2.05, 4.69) is 11.9 Å². The molecule has 0 unspecified atom stereocenters. The molecule has 1 saturated heterocycles. The number of halogens is 4. The van der Waals surface area contributed by atoms with Gasteiger partial charge in [0.05, 0.1) is 12.0 Å². The molecule has 0 amide bonds. The van der Waals surface area contributed by atoms with Crippen molar-refractivity contribution in [3.05, 3.63) is 12.3 Å². The van der Waals surface area contributed by atoms with Gasteiger partial charge in [0.2, 0.25) is 0 Å². The summed E-state index contributed by atoms with van der Waals surface area (Å²) in [4.78, 5) is 1.54. The lowest BCUT2D eigenvalue weighted by Gasteiger charge is -2.46. The van der Waals surface area contributed by atoms with Gasteiger partial charge < -0.3 is 5.32 Å². The minimum atomic E-state index is -2.92. The maximum absolute atomic E-state index is 14.0. The second-order valence-electron chi connectivity index (χ2n) is 5.83. The second-order valence-corrected chi connectivity index (χ2v) is 5.83. The minimum absolute atomic E-state index is 0.137. The molecule has 6 heteroatoms. The maximum atomic E-state index is 14.0. The fraction of sp³-hybridized carbons (Fsp3) is 0.857. The number of hydrogen-bond acceptors (Lipinski definition) is 2. The lowest BCUT2D eigenvalue weighted by atomic mass is 9.71. The van der Waals surface area contributed by atoms with Crippen molar-refractivity contribution >= 4 is 0 Å². The number of hydrogen-bond donors (Lipinski definition) is 1. The second kappa shape index (κ2) is 5.92. The largest absolute Gasteiger partial charge is 0.388 e. The van der Waals surface area contributed by atoms with Crippen LogP contribution in [0.15, 0.2) is 12.3 Å². The van der Waals surface area contributed by atoms with Crippen LogP contribution in [0.3, 0.4) is 0 Å². The normalized spacial score (nSPS) is 20.8. The number of alkyl halides is 4. The van der Waals surface area contributed by atoms with Crippen LogP contribution < -0.4 is 5.32 Å². The zero-order valence-electron chi connectivity index (χ0n) is 12.4. The molecule has 0 aliphatic carbocycles. The quantitative estimate of drug-likeness (QED) is 0.755. The van der Waals surface area contributed by atoms with E-state index in [-0.39, 0.29) is 32.5 Å². The first kappa shape index (κ1) is 17.3. The van der Waals surface area contributed by atoms with Crippen molar-refractivity contribution in [1.82, 2.24) is 10.2 Å². The summed E-state index contributed by atoms with van der Waals surface area (Å²) in [7, 11) is 0. The van der Waals surface area contributed by atoms with Gasteiger partial charge in [-0.1, -0.05) is 6.58 Å². The Kier molecular flexibility index (Phi) is 5.11. The number of piperidine rings is 1. The molecule has 0 spiro atoms. The van der Waals surface area contributed by atoms with E-state index in [0.717, 1.165) is 13.8 Å². The molecule has 1 N–H and O–H groups in total. The molecule has 1 fully saturated rings. The van der Waals surface area contributed by atoms with Crippen molar-refractivity contribution < 1.29 is 17.6 Å². The standard InChI is InChI=1S/C14H24F4N2/c1-5-19-11(2)14(13(4,17)18)6-8-20(9-7-14)10-12(3,15)16/h19H,2,5-10H2,1,3-4H3. The van der Waals surface area contributed by atoms with Gasteiger partial charge in [-0.3, -0.25) is 4.90 Å². The average Bonchev–Trinajstić information content (AvgIpc) is 2.26. The molecule has 1 aliphatic rings. The summed E-state index contributed by atoms with van der Waals surface area (Å²) in [5.74, 6) is -5.72. The molecule has 0 radical (unpaired) electrons. The van der Waals surface area contributed by atoms with Crippen LogP contribution in [0, 0.1) is 5.41 Å². The van der Waals surface area contributed by atoms with Crippen LogP contribution in [0.25, 0.3) is 0 Å². The predicted octanol–water partition coefficient (Wildman–Crippen LogP) is 3.50. The van der Waals surface area contributed by atoms with Gasteiger partial charge >= 0.3 is 0 Å². The topological polar surface area (TPSA) is 15.3 Å². The van der Waals surface area contributed by atoms with E-state index in [1.54, 1.807) is 4.90 Å². The molecule has 0 aromatic carbocycles. The summed E-state index contributed by atoms with van der Waals surface area (Å²) in [5, 5.41) is 2.88. The van der Waals surface area contributed by atoms with E-state index >= 15 is 0 Å². The number of rotatable bonds is 6. The summed E-state index contributed by atoms with van der Waals surface area (Å²) in [6, 6.07) is 0. The van der Waals surface area contributed by atoms with E-state index in [4.69, 9.17) is 0 Å². The van der Waals surface area contributed by atoms with Gasteiger partial charge in [0.1, 0.15) is 0 Å². The number of nitrogens with one attached hydrogen (secondary N) is 1. The van der Waals surface area contributed by atoms with E-state index in [0.29, 0.717) is 12.2 Å². The Morgan fingerprint density at radius 3 is 2.05 bits per heavy atom. The molecule has 0 saturated carbocycles. The lowest BCUT2D eigenvalue weighted by Crippen LogP contribution is -2.53. The van der Waals surface area contributed by atoms with Gasteiger partial charge in [0, 0.05) is 26.1 Å². The molecule has 1 rings (SSSR count). The van der Waals surface area contributed by atoms with Crippen molar-refractivity contribution in [2.45, 2.75) is 45.5 Å². The van der Waals surface area contributed by atoms with Gasteiger partial charge in [0.15, 0.2) is 0 Å². The summed E-state index contributed by atoms with van der Waals surface area (Å²) < 4.78 is 54.1. The van der Waals surface area contributed by atoms with Crippen LogP contribution >= 0.6 is 0 Å². The fourth-order valence-electron chi connectivity index (χ4n) is 2.87. The third-order valence-electron chi connectivity index (χ3n) is 4.02. The van der Waals surface area contributed by atoms with Crippen LogP contribution in [0.2, 0.25) is 0 Å². The lowest BCUT2D eigenvalue weighted by molar-refractivity contribution is -0.121. The summed E-state index contributed by atoms with van der Waals surface area (Å²) >= 11 is 0. The Morgan fingerprint density at radius 2 is 1.70 bits per heavy atom. The highest BCUT2D eigenvalue weighted by molar-refractivity contribution is 5.15. The molecular weight excluding hydrogens is 272 g/mol. The highest BCUT2D eigenvalue weighted by Gasteiger charge is 2.53. The van der Waals surface area contributed by atoms with Crippen LogP contribution in [0.5, 0.6) is 0 Å². The zero-order chi connectivity index (χ0) is 15.6. The van der Waals surface area contributed by atoms with Gasteiger partial charge in [0.25, 0.3) is 11.8 Å². The van der Waals surface area contributed by atoms with Crippen LogP contribution in [0.1, 0.15) is 33.6 Å². The Morgan fingerprint density at radius 1 is 1.20 bits per heavy atom. The van der Waals surface area contributed by atoms with Crippen LogP contribution in [-0.2, 0) is 0 Å². The van der Waals surface area contributed by atoms with E-state index in [9.17, 15) is 17.6 Å². The molecule has 0 bridgehead atoms. The molecule has 2 nitrogen and oxygen atoms in total. The van der Waals surface area contributed by atoms with Crippen LogP contribution in [-0.4, -0.2) is 42.9 Å². The Bertz CT molecular complexity index is 336. The molecule has 118 valence electrons. The van der Waals surface area contributed by atoms with Gasteiger partial charge in [-0.05, 0) is 32.9 Å². The van der Waals surface area contributed by atoms with Gasteiger partial charge in [-0.15, -0.1) is 0 Å². The first-order chi connectivity index (χ1) is 9.02. The zero-order valence-corrected chi connectivity index (χ0v) is 12.4. The van der Waals surface area contributed by atoms with Crippen molar-refractivity contribution in [3.63, 3.8) is 0 Å². The third kappa shape index (κ3) is 3.87. The minimum Gasteiger partial charge on any atom is -0.388 e. The Balaban J connectivity index is 2.80. The number of allylic oxidation sites excluding steroid dienone is 1. The smallest absolute Gasteiger partial charge is 0.257 e. The van der Waals surface area contributed by atoms with Crippen molar-refractivity contribution in [2.75, 3.05) is 26.2 Å². The van der Waals surface area contributed by atoms with Crippen molar-refractivity contribution in [2.24, 2.45) is 5.41 Å². The number of likely N-dealkylation sites (tertiary alicyclic amines) is 1. The van der Waals surface area contributed by atoms with Gasteiger partial charge in [-0.2, -0.15) is 0 Å². The van der Waals surface area contributed by atoms with Crippen LogP contribution in [0.4, 0.5) is 17.6 Å². The van der Waals surface area contributed by atoms with E-state index < -0.39 is 17.3 Å².